The molecule has 0 aromatic heterocycles. The van der Waals surface area contributed by atoms with Gasteiger partial charge in [-0.25, -0.2) is 4.39 Å². The SMILES string of the molecule is CC1CCCC(N)(CN(C)Cc2ccc(F)cc2)C1. The summed E-state index contributed by atoms with van der Waals surface area (Å²) in [5.74, 6) is 0.556. The third-order valence-corrected chi connectivity index (χ3v) is 4.08. The average Bonchev–Trinajstić information content (AvgIpc) is 2.31. The van der Waals surface area contributed by atoms with Crippen LogP contribution >= 0.6 is 0 Å². The summed E-state index contributed by atoms with van der Waals surface area (Å²) in [6, 6.07) is 6.73. The summed E-state index contributed by atoms with van der Waals surface area (Å²) in [4.78, 5) is 2.26. The number of rotatable bonds is 4. The van der Waals surface area contributed by atoms with Crippen molar-refractivity contribution in [1.29, 1.82) is 0 Å². The Morgan fingerprint density at radius 1 is 1.37 bits per heavy atom. The third-order valence-electron chi connectivity index (χ3n) is 4.08. The Morgan fingerprint density at radius 2 is 2.05 bits per heavy atom. The van der Waals surface area contributed by atoms with Crippen molar-refractivity contribution in [1.82, 2.24) is 4.90 Å². The first-order valence-electron chi connectivity index (χ1n) is 7.19. The second-order valence-corrected chi connectivity index (χ2v) is 6.36. The highest BCUT2D eigenvalue weighted by molar-refractivity contribution is 5.15. The summed E-state index contributed by atoms with van der Waals surface area (Å²) in [7, 11) is 2.09. The van der Waals surface area contributed by atoms with Gasteiger partial charge in [0.2, 0.25) is 0 Å². The summed E-state index contributed by atoms with van der Waals surface area (Å²) in [6.45, 7) is 4.03. The van der Waals surface area contributed by atoms with E-state index in [9.17, 15) is 4.39 Å². The van der Waals surface area contributed by atoms with Gasteiger partial charge in [0, 0.05) is 18.6 Å². The lowest BCUT2D eigenvalue weighted by atomic mass is 9.77. The molecule has 0 spiro atoms. The Balaban J connectivity index is 1.89. The number of nitrogens with two attached hydrogens (primary N) is 1. The number of halogens is 1. The lowest BCUT2D eigenvalue weighted by Gasteiger charge is -2.39. The number of benzene rings is 1. The minimum atomic E-state index is -0.178. The van der Waals surface area contributed by atoms with E-state index >= 15 is 0 Å². The highest BCUT2D eigenvalue weighted by Gasteiger charge is 2.31. The maximum atomic E-state index is 12.9. The molecule has 1 fully saturated rings. The molecule has 1 aromatic rings. The Bertz CT molecular complexity index is 404. The van der Waals surface area contributed by atoms with Gasteiger partial charge < -0.3 is 10.6 Å². The summed E-state index contributed by atoms with van der Waals surface area (Å²) in [5.41, 5.74) is 7.61. The Hall–Kier alpha value is -0.930. The van der Waals surface area contributed by atoms with Crippen molar-refractivity contribution < 1.29 is 4.39 Å². The molecule has 2 atom stereocenters. The van der Waals surface area contributed by atoms with E-state index in [1.54, 1.807) is 0 Å². The standard InChI is InChI=1S/C16H25FN2/c1-13-4-3-9-16(18,10-13)12-19(2)11-14-5-7-15(17)8-6-14/h5-8,13H,3-4,9-12,18H2,1-2H3. The molecule has 2 N–H and O–H groups in total. The van der Waals surface area contributed by atoms with Gasteiger partial charge in [0.15, 0.2) is 0 Å². The molecule has 0 saturated heterocycles. The maximum Gasteiger partial charge on any atom is 0.123 e. The molecular formula is C16H25FN2. The van der Waals surface area contributed by atoms with E-state index in [0.29, 0.717) is 0 Å². The molecule has 0 heterocycles. The number of likely N-dealkylation sites (N-methyl/N-ethyl adjacent to an activating group) is 1. The molecule has 1 aliphatic carbocycles. The fraction of sp³-hybridized carbons (Fsp3) is 0.625. The van der Waals surface area contributed by atoms with E-state index in [0.717, 1.165) is 37.4 Å². The second kappa shape index (κ2) is 6.02. The zero-order chi connectivity index (χ0) is 13.9. The predicted molar refractivity (Wildman–Crippen MR) is 77.3 cm³/mol. The molecule has 2 nitrogen and oxygen atoms in total. The molecule has 1 saturated carbocycles. The quantitative estimate of drug-likeness (QED) is 0.905. The second-order valence-electron chi connectivity index (χ2n) is 6.36. The van der Waals surface area contributed by atoms with E-state index in [2.05, 4.69) is 18.9 Å². The Labute approximate surface area is 115 Å². The zero-order valence-electron chi connectivity index (χ0n) is 12.0. The van der Waals surface area contributed by atoms with Gasteiger partial charge in [-0.05, 0) is 43.5 Å². The van der Waals surface area contributed by atoms with Crippen LogP contribution in [0.25, 0.3) is 0 Å². The fourth-order valence-electron chi connectivity index (χ4n) is 3.34. The molecule has 0 amide bonds. The molecule has 3 heteroatoms. The van der Waals surface area contributed by atoms with Crippen molar-refractivity contribution in [2.24, 2.45) is 11.7 Å². The summed E-state index contributed by atoms with van der Waals surface area (Å²) < 4.78 is 12.9. The first-order chi connectivity index (χ1) is 8.97. The van der Waals surface area contributed by atoms with Crippen LogP contribution in [0.2, 0.25) is 0 Å². The molecule has 1 aliphatic rings. The van der Waals surface area contributed by atoms with Crippen LogP contribution in [0.1, 0.15) is 38.2 Å². The van der Waals surface area contributed by atoms with Gasteiger partial charge in [-0.1, -0.05) is 31.9 Å². The Morgan fingerprint density at radius 3 is 2.68 bits per heavy atom. The van der Waals surface area contributed by atoms with Crippen molar-refractivity contribution >= 4 is 0 Å². The monoisotopic (exact) mass is 264 g/mol. The van der Waals surface area contributed by atoms with Gasteiger partial charge >= 0.3 is 0 Å². The summed E-state index contributed by atoms with van der Waals surface area (Å²) in [5, 5.41) is 0. The van der Waals surface area contributed by atoms with Gasteiger partial charge in [0.05, 0.1) is 0 Å². The van der Waals surface area contributed by atoms with Crippen molar-refractivity contribution in [2.75, 3.05) is 13.6 Å². The minimum absolute atomic E-state index is 0.0492. The first-order valence-corrected chi connectivity index (χ1v) is 7.19. The van der Waals surface area contributed by atoms with Crippen LogP contribution in [0.3, 0.4) is 0 Å². The molecule has 0 aliphatic heterocycles. The molecule has 2 rings (SSSR count). The lowest BCUT2D eigenvalue weighted by molar-refractivity contribution is 0.165. The van der Waals surface area contributed by atoms with Gasteiger partial charge in [-0.3, -0.25) is 0 Å². The minimum Gasteiger partial charge on any atom is -0.324 e. The van der Waals surface area contributed by atoms with Crippen LogP contribution in [0, 0.1) is 11.7 Å². The van der Waals surface area contributed by atoms with Crippen molar-refractivity contribution in [3.63, 3.8) is 0 Å². The van der Waals surface area contributed by atoms with Crippen molar-refractivity contribution in [3.05, 3.63) is 35.6 Å². The highest BCUT2D eigenvalue weighted by atomic mass is 19.1. The molecule has 106 valence electrons. The van der Waals surface area contributed by atoms with Gasteiger partial charge in [0.25, 0.3) is 0 Å². The predicted octanol–water partition coefficient (Wildman–Crippen LogP) is 3.17. The van der Waals surface area contributed by atoms with Crippen molar-refractivity contribution in [2.45, 2.75) is 44.7 Å². The van der Waals surface area contributed by atoms with Gasteiger partial charge in [-0.15, -0.1) is 0 Å². The van der Waals surface area contributed by atoms with E-state index < -0.39 is 0 Å². The van der Waals surface area contributed by atoms with Gasteiger partial charge in [0.1, 0.15) is 5.82 Å². The molecular weight excluding hydrogens is 239 g/mol. The highest BCUT2D eigenvalue weighted by Crippen LogP contribution is 2.31. The van der Waals surface area contributed by atoms with Crippen LogP contribution in [0.5, 0.6) is 0 Å². The first kappa shape index (κ1) is 14.5. The van der Waals surface area contributed by atoms with Crippen LogP contribution in [-0.2, 0) is 6.54 Å². The average molecular weight is 264 g/mol. The van der Waals surface area contributed by atoms with Gasteiger partial charge in [-0.2, -0.15) is 0 Å². The number of nitrogens with zero attached hydrogens (tertiary/aromatic N) is 1. The fourth-order valence-corrected chi connectivity index (χ4v) is 3.34. The van der Waals surface area contributed by atoms with E-state index in [4.69, 9.17) is 5.73 Å². The van der Waals surface area contributed by atoms with Crippen LogP contribution in [-0.4, -0.2) is 24.0 Å². The number of hydrogen-bond donors (Lipinski definition) is 1. The summed E-state index contributed by atoms with van der Waals surface area (Å²) >= 11 is 0. The summed E-state index contributed by atoms with van der Waals surface area (Å²) in [6.07, 6.45) is 4.77. The largest absolute Gasteiger partial charge is 0.324 e. The molecule has 0 bridgehead atoms. The third kappa shape index (κ3) is 4.29. The van der Waals surface area contributed by atoms with Crippen LogP contribution in [0.4, 0.5) is 4.39 Å². The van der Waals surface area contributed by atoms with Crippen LogP contribution < -0.4 is 5.73 Å². The van der Waals surface area contributed by atoms with E-state index in [1.165, 1.54) is 25.0 Å². The molecule has 19 heavy (non-hydrogen) atoms. The smallest absolute Gasteiger partial charge is 0.123 e. The van der Waals surface area contributed by atoms with Crippen LogP contribution in [0.15, 0.2) is 24.3 Å². The molecule has 0 radical (unpaired) electrons. The number of hydrogen-bond acceptors (Lipinski definition) is 2. The topological polar surface area (TPSA) is 29.3 Å². The zero-order valence-corrected chi connectivity index (χ0v) is 12.0. The van der Waals surface area contributed by atoms with Crippen molar-refractivity contribution in [3.8, 4) is 0 Å². The molecule has 1 aromatic carbocycles. The lowest BCUT2D eigenvalue weighted by Crippen LogP contribution is -2.51. The molecule has 2 unspecified atom stereocenters. The Kier molecular flexibility index (Phi) is 4.58. The van der Waals surface area contributed by atoms with E-state index in [-0.39, 0.29) is 11.4 Å². The van der Waals surface area contributed by atoms with E-state index in [1.807, 2.05) is 12.1 Å². The maximum absolute atomic E-state index is 12.9. The normalized spacial score (nSPS) is 27.7.